The van der Waals surface area contributed by atoms with Crippen molar-refractivity contribution in [3.05, 3.63) is 150 Å². The highest BCUT2D eigenvalue weighted by Gasteiger charge is 2.23. The van der Waals surface area contributed by atoms with E-state index in [-0.39, 0.29) is 70.5 Å². The van der Waals surface area contributed by atoms with Crippen LogP contribution in [0.25, 0.3) is 0 Å². The van der Waals surface area contributed by atoms with Gasteiger partial charge in [0.15, 0.2) is 34.7 Å². The van der Waals surface area contributed by atoms with E-state index < -0.39 is 29.5 Å². The predicted molar refractivity (Wildman–Crippen MR) is 344 cm³/mol. The lowest BCUT2D eigenvalue weighted by Gasteiger charge is -2.32. The first kappa shape index (κ1) is 68.0. The van der Waals surface area contributed by atoms with Gasteiger partial charge in [0.05, 0.1) is 18.5 Å². The van der Waals surface area contributed by atoms with E-state index in [0.29, 0.717) is 28.3 Å². The van der Waals surface area contributed by atoms with Gasteiger partial charge in [-0.15, -0.1) is 0 Å². The van der Waals surface area contributed by atoms with Crippen LogP contribution in [-0.2, 0) is 0 Å². The van der Waals surface area contributed by atoms with Crippen LogP contribution in [0, 0.1) is 17.5 Å². The summed E-state index contributed by atoms with van der Waals surface area (Å²) in [5.74, 6) is -0.680. The average molecular weight is 1230 g/mol. The van der Waals surface area contributed by atoms with E-state index in [1.165, 1.54) is 51.0 Å². The maximum absolute atomic E-state index is 14.9. The summed E-state index contributed by atoms with van der Waals surface area (Å²) in [5.41, 5.74) is 1.75. The number of hydrogen-bond acceptors (Lipinski definition) is 11. The zero-order valence-electron chi connectivity index (χ0n) is 52.3. The summed E-state index contributed by atoms with van der Waals surface area (Å²) in [6.07, 6.45) is 12.2. The molecule has 0 aromatic heterocycles. The Kier molecular flexibility index (Phi) is 26.7. The molecule has 8 rings (SSSR count). The number of rotatable bonds is 27. The molecule has 0 bridgehead atoms. The molecule has 2 aliphatic rings. The second-order valence-electron chi connectivity index (χ2n) is 22.2. The molecule has 89 heavy (non-hydrogen) atoms. The Morgan fingerprint density at radius 3 is 1.21 bits per heavy atom. The molecule has 2 saturated heterocycles. The normalized spacial score (nSPS) is 13.8. The maximum Gasteiger partial charge on any atom is 0.319 e. The van der Waals surface area contributed by atoms with Gasteiger partial charge >= 0.3 is 12.1 Å². The summed E-state index contributed by atoms with van der Waals surface area (Å²) in [6, 6.07) is 30.3. The summed E-state index contributed by atoms with van der Waals surface area (Å²) in [5, 5.41) is 16.1. The summed E-state index contributed by atoms with van der Waals surface area (Å²) in [6.45, 7) is 18.7. The Balaban J connectivity index is 0.000000254. The van der Waals surface area contributed by atoms with Gasteiger partial charge in [0.2, 0.25) is 0 Å². The number of nitrogens with one attached hydrogen (secondary N) is 6. The average Bonchev–Trinajstić information content (AvgIpc) is 3.42. The molecule has 478 valence electrons. The number of amides is 6. The van der Waals surface area contributed by atoms with Crippen LogP contribution >= 0.6 is 0 Å². The van der Waals surface area contributed by atoms with Gasteiger partial charge in [-0.2, -0.15) is 0 Å². The lowest BCUT2D eigenvalue weighted by atomic mass is 10.1. The van der Waals surface area contributed by atoms with E-state index >= 15 is 0 Å². The van der Waals surface area contributed by atoms with E-state index in [1.54, 1.807) is 60.7 Å². The molecule has 20 heteroatoms. The first-order valence-electron chi connectivity index (χ1n) is 31.3. The van der Waals surface area contributed by atoms with Crippen LogP contribution < -0.4 is 55.6 Å². The van der Waals surface area contributed by atoms with E-state index in [2.05, 4.69) is 55.5 Å². The molecule has 0 atom stereocenters. The van der Waals surface area contributed by atoms with Gasteiger partial charge < -0.3 is 65.4 Å². The van der Waals surface area contributed by atoms with Gasteiger partial charge in [-0.1, -0.05) is 54.4 Å². The minimum Gasteiger partial charge on any atom is -0.493 e. The molecule has 0 spiro atoms. The van der Waals surface area contributed by atoms with Crippen molar-refractivity contribution in [3.63, 3.8) is 0 Å². The number of ether oxygens (including phenoxy) is 5. The zero-order chi connectivity index (χ0) is 63.7. The minimum atomic E-state index is -0.841. The van der Waals surface area contributed by atoms with Crippen LogP contribution in [-0.4, -0.2) is 104 Å². The van der Waals surface area contributed by atoms with Gasteiger partial charge in [0, 0.05) is 85.0 Å². The smallest absolute Gasteiger partial charge is 0.319 e. The molecule has 0 aliphatic carbocycles. The molecular weight excluding hydrogens is 1140 g/mol. The highest BCUT2D eigenvalue weighted by molar-refractivity contribution is 6.05. The lowest BCUT2D eigenvalue weighted by Crippen LogP contribution is -2.38. The third-order valence-corrected chi connectivity index (χ3v) is 15.7. The van der Waals surface area contributed by atoms with Gasteiger partial charge in [-0.05, 0) is 174 Å². The molecule has 2 heterocycles. The number of likely N-dealkylation sites (tertiary alicyclic amines) is 2. The Bertz CT molecular complexity index is 3190. The topological polar surface area (TPSA) is 193 Å². The number of benzene rings is 6. The van der Waals surface area contributed by atoms with E-state index in [1.807, 2.05) is 52.0 Å². The molecule has 6 aromatic rings. The van der Waals surface area contributed by atoms with Crippen LogP contribution in [0.1, 0.15) is 139 Å². The molecule has 6 amide bonds. The SMILES string of the molecule is CCCCN1CCC(Oc2ccc(C(=O)Nc3ccc(Oc4cc(F)c(NC(=O)NC(CC)CC)cc4F)cc3)cc2)CC1.CCCCN1CCC(Oc2ccc(C(=O)Nc3ccc(Oc4cc(F)c(NC(=O)NC(CC)CC)cc4OC)cc3)cc2)CC1. The molecule has 17 nitrogen and oxygen atoms in total. The number of piperidine rings is 2. The fourth-order valence-corrected chi connectivity index (χ4v) is 10.1. The zero-order valence-corrected chi connectivity index (χ0v) is 52.3. The van der Waals surface area contributed by atoms with Crippen molar-refractivity contribution in [2.45, 2.75) is 143 Å². The van der Waals surface area contributed by atoms with Crippen LogP contribution in [0.5, 0.6) is 40.2 Å². The van der Waals surface area contributed by atoms with E-state index in [4.69, 9.17) is 23.7 Å². The third-order valence-electron chi connectivity index (χ3n) is 15.7. The van der Waals surface area contributed by atoms with E-state index in [9.17, 15) is 32.3 Å². The fourth-order valence-electron chi connectivity index (χ4n) is 10.1. The highest BCUT2D eigenvalue weighted by atomic mass is 19.1. The van der Waals surface area contributed by atoms with Gasteiger partial charge in [0.25, 0.3) is 11.8 Å². The van der Waals surface area contributed by atoms with Crippen molar-refractivity contribution in [3.8, 4) is 40.2 Å². The Labute approximate surface area is 521 Å². The largest absolute Gasteiger partial charge is 0.493 e. The number of carbonyl (C=O) groups is 4. The number of unbranched alkanes of at least 4 members (excludes halogenated alkanes) is 2. The van der Waals surface area contributed by atoms with Crippen LogP contribution in [0.3, 0.4) is 0 Å². The Hall–Kier alpha value is -8.49. The van der Waals surface area contributed by atoms with Crippen LogP contribution in [0.15, 0.2) is 121 Å². The number of halogens is 3. The number of carbonyl (C=O) groups excluding carboxylic acids is 4. The highest BCUT2D eigenvalue weighted by Crippen LogP contribution is 2.37. The molecule has 6 aromatic carbocycles. The molecule has 0 radical (unpaired) electrons. The van der Waals surface area contributed by atoms with Gasteiger partial charge in [0.1, 0.15) is 35.2 Å². The first-order chi connectivity index (χ1) is 43.1. The number of urea groups is 2. The van der Waals surface area contributed by atoms with Crippen molar-refractivity contribution in [2.24, 2.45) is 0 Å². The van der Waals surface area contributed by atoms with Crippen molar-refractivity contribution in [1.29, 1.82) is 0 Å². The van der Waals surface area contributed by atoms with Crippen molar-refractivity contribution in [2.75, 3.05) is 67.6 Å². The number of methoxy groups -OCH3 is 1. The quantitative estimate of drug-likeness (QED) is 0.0287. The predicted octanol–water partition coefficient (Wildman–Crippen LogP) is 15.8. The molecular formula is C69H87F3N8O9. The number of anilines is 4. The lowest BCUT2D eigenvalue weighted by molar-refractivity contribution is 0.0993. The van der Waals surface area contributed by atoms with Crippen molar-refractivity contribution >= 4 is 46.6 Å². The minimum absolute atomic E-state index is 0.00114. The summed E-state index contributed by atoms with van der Waals surface area (Å²) >= 11 is 0. The van der Waals surface area contributed by atoms with Crippen molar-refractivity contribution in [1.82, 2.24) is 20.4 Å². The Morgan fingerprint density at radius 2 is 0.831 bits per heavy atom. The maximum atomic E-state index is 14.9. The van der Waals surface area contributed by atoms with Gasteiger partial charge in [-0.3, -0.25) is 9.59 Å². The molecule has 0 unspecified atom stereocenters. The molecule has 0 saturated carbocycles. The fraction of sp³-hybridized carbons (Fsp3) is 0.420. The first-order valence-corrected chi connectivity index (χ1v) is 31.3. The van der Waals surface area contributed by atoms with Crippen LogP contribution in [0.4, 0.5) is 45.5 Å². The summed E-state index contributed by atoms with van der Waals surface area (Å²) in [7, 11) is 1.43. The third kappa shape index (κ3) is 21.4. The standard InChI is InChI=1S/C35H45FN4O5.C34H42F2N4O4/c1-5-8-19-40-20-17-29(18-21-40)44-27-13-9-24(10-14-27)34(41)37-26-11-15-28(16-12-26)45-33-22-30(36)31(23-32(33)43-4)39-35(42)38-25(6-2)7-3;1-4-7-18-40-19-16-28(17-20-40)43-26-12-8-23(9-13-26)33(41)37-25-10-14-27(15-11-25)44-32-22-29(35)31(21-30(32)36)39-34(42)38-24(5-2)6-3/h9-16,22-23,25,29H,5-8,17-21H2,1-4H3,(H,37,41)(H2,38,39,42);8-15,21-22,24,28H,4-7,16-20H2,1-3H3,(H,37,41)(H2,38,39,42). The molecule has 6 N–H and O–H groups in total. The van der Waals surface area contributed by atoms with Gasteiger partial charge in [-0.25, -0.2) is 22.8 Å². The Morgan fingerprint density at radius 1 is 0.461 bits per heavy atom. The second kappa shape index (κ2) is 34.9. The number of hydrogen-bond donors (Lipinski definition) is 6. The summed E-state index contributed by atoms with van der Waals surface area (Å²) in [4.78, 5) is 55.0. The number of nitrogens with zero attached hydrogens (tertiary/aromatic N) is 2. The van der Waals surface area contributed by atoms with Crippen molar-refractivity contribution < 1.29 is 56.0 Å². The second-order valence-corrected chi connectivity index (χ2v) is 22.2. The van der Waals surface area contributed by atoms with E-state index in [0.717, 1.165) is 120 Å². The van der Waals surface area contributed by atoms with Crippen LogP contribution in [0.2, 0.25) is 0 Å². The monoisotopic (exact) mass is 1230 g/mol. The molecule has 2 fully saturated rings. The summed E-state index contributed by atoms with van der Waals surface area (Å²) < 4.78 is 73.2. The molecule has 2 aliphatic heterocycles.